The molecule has 1 aliphatic rings. The molecule has 1 amide bonds. The first-order valence-electron chi connectivity index (χ1n) is 8.90. The van der Waals surface area contributed by atoms with Gasteiger partial charge in [-0.05, 0) is 56.2 Å². The van der Waals surface area contributed by atoms with Crippen molar-refractivity contribution < 1.29 is 22.4 Å². The lowest BCUT2D eigenvalue weighted by Crippen LogP contribution is -2.45. The maximum atomic E-state index is 12.9. The van der Waals surface area contributed by atoms with Gasteiger partial charge >= 0.3 is 0 Å². The predicted molar refractivity (Wildman–Crippen MR) is 99.7 cm³/mol. The number of hydrogen-bond donors (Lipinski definition) is 1. The molecule has 1 aromatic heterocycles. The third-order valence-corrected chi connectivity index (χ3v) is 6.66. The second kappa shape index (κ2) is 8.14. The van der Waals surface area contributed by atoms with Crippen LogP contribution in [0, 0.1) is 5.92 Å². The van der Waals surface area contributed by atoms with Gasteiger partial charge < -0.3 is 14.5 Å². The van der Waals surface area contributed by atoms with Crippen LogP contribution in [0.3, 0.4) is 0 Å². The monoisotopic (exact) mass is 392 g/mol. The van der Waals surface area contributed by atoms with Crippen LogP contribution in [0.5, 0.6) is 5.75 Å². The molecule has 2 atom stereocenters. The Bertz CT molecular complexity index is 862. The van der Waals surface area contributed by atoms with Crippen LogP contribution < -0.4 is 10.1 Å². The molecule has 0 unspecified atom stereocenters. The zero-order valence-electron chi connectivity index (χ0n) is 15.4. The summed E-state index contributed by atoms with van der Waals surface area (Å²) in [5.41, 5.74) is 0. The topological polar surface area (TPSA) is 88.9 Å². The van der Waals surface area contributed by atoms with Crippen LogP contribution in [-0.4, -0.2) is 38.8 Å². The van der Waals surface area contributed by atoms with E-state index in [1.165, 1.54) is 23.5 Å². The molecule has 2 aromatic rings. The molecule has 0 saturated carbocycles. The SMILES string of the molecule is COc1ccc(S(=O)(=O)N2CCC[C@H](C(=O)N[C@H](C)c3ccco3)C2)cc1. The molecule has 27 heavy (non-hydrogen) atoms. The van der Waals surface area contributed by atoms with Crippen molar-refractivity contribution in [3.63, 3.8) is 0 Å². The van der Waals surface area contributed by atoms with Gasteiger partial charge in [0.15, 0.2) is 0 Å². The van der Waals surface area contributed by atoms with Gasteiger partial charge in [-0.2, -0.15) is 4.31 Å². The third-order valence-electron chi connectivity index (χ3n) is 4.78. The fourth-order valence-corrected chi connectivity index (χ4v) is 4.74. The molecule has 146 valence electrons. The number of methoxy groups -OCH3 is 1. The number of furan rings is 1. The molecule has 7 nitrogen and oxygen atoms in total. The molecule has 0 bridgehead atoms. The molecule has 1 fully saturated rings. The lowest BCUT2D eigenvalue weighted by atomic mass is 9.98. The smallest absolute Gasteiger partial charge is 0.243 e. The van der Waals surface area contributed by atoms with Gasteiger partial charge in [-0.25, -0.2) is 8.42 Å². The average Bonchev–Trinajstić information content (AvgIpc) is 3.23. The Hall–Kier alpha value is -2.32. The number of nitrogens with one attached hydrogen (secondary N) is 1. The highest BCUT2D eigenvalue weighted by Gasteiger charge is 2.33. The number of hydrogen-bond acceptors (Lipinski definition) is 5. The lowest BCUT2D eigenvalue weighted by Gasteiger charge is -2.31. The molecule has 1 N–H and O–H groups in total. The van der Waals surface area contributed by atoms with Crippen molar-refractivity contribution in [2.45, 2.75) is 30.7 Å². The van der Waals surface area contributed by atoms with Crippen molar-refractivity contribution in [3.05, 3.63) is 48.4 Å². The summed E-state index contributed by atoms with van der Waals surface area (Å²) >= 11 is 0. The quantitative estimate of drug-likeness (QED) is 0.816. The van der Waals surface area contributed by atoms with E-state index in [0.717, 1.165) is 0 Å². The zero-order valence-corrected chi connectivity index (χ0v) is 16.2. The average molecular weight is 392 g/mol. The summed E-state index contributed by atoms with van der Waals surface area (Å²) < 4.78 is 37.6. The van der Waals surface area contributed by atoms with Crippen LogP contribution in [0.4, 0.5) is 0 Å². The number of rotatable bonds is 6. The van der Waals surface area contributed by atoms with Gasteiger partial charge in [-0.15, -0.1) is 0 Å². The summed E-state index contributed by atoms with van der Waals surface area (Å²) in [6, 6.07) is 9.58. The largest absolute Gasteiger partial charge is 0.497 e. The maximum absolute atomic E-state index is 12.9. The van der Waals surface area contributed by atoms with Crippen molar-refractivity contribution in [2.24, 2.45) is 5.92 Å². The van der Waals surface area contributed by atoms with Crippen molar-refractivity contribution in [2.75, 3.05) is 20.2 Å². The van der Waals surface area contributed by atoms with E-state index in [-0.39, 0.29) is 29.3 Å². The minimum absolute atomic E-state index is 0.159. The standard InChI is InChI=1S/C19H24N2O5S/c1-14(18-6-4-12-26-18)20-19(22)15-5-3-11-21(13-15)27(23,24)17-9-7-16(25-2)8-10-17/h4,6-10,12,14-15H,3,5,11,13H2,1-2H3,(H,20,22)/t14-,15+/m1/s1. The predicted octanol–water partition coefficient (Wildman–Crippen LogP) is 2.57. The molecule has 1 aliphatic heterocycles. The van der Waals surface area contributed by atoms with Gasteiger partial charge in [0.2, 0.25) is 15.9 Å². The summed E-state index contributed by atoms with van der Waals surface area (Å²) in [6.45, 7) is 2.42. The van der Waals surface area contributed by atoms with Crippen molar-refractivity contribution in [1.29, 1.82) is 0 Å². The molecule has 1 aromatic carbocycles. The first kappa shape index (κ1) is 19.4. The molecule has 0 aliphatic carbocycles. The molecule has 2 heterocycles. The summed E-state index contributed by atoms with van der Waals surface area (Å²) in [4.78, 5) is 12.8. The Morgan fingerprint density at radius 1 is 1.30 bits per heavy atom. The minimum Gasteiger partial charge on any atom is -0.497 e. The highest BCUT2D eigenvalue weighted by molar-refractivity contribution is 7.89. The normalized spacial score (nSPS) is 19.4. The van der Waals surface area contributed by atoms with Crippen molar-refractivity contribution in [3.8, 4) is 5.75 Å². The maximum Gasteiger partial charge on any atom is 0.243 e. The fraction of sp³-hybridized carbons (Fsp3) is 0.421. The highest BCUT2D eigenvalue weighted by atomic mass is 32.2. The Balaban J connectivity index is 1.68. The van der Waals surface area contributed by atoms with Crippen LogP contribution >= 0.6 is 0 Å². The number of amides is 1. The van der Waals surface area contributed by atoms with Crippen molar-refractivity contribution >= 4 is 15.9 Å². The summed E-state index contributed by atoms with van der Waals surface area (Å²) in [6.07, 6.45) is 2.86. The van der Waals surface area contributed by atoms with E-state index in [4.69, 9.17) is 9.15 Å². The van der Waals surface area contributed by atoms with Gasteiger partial charge in [-0.3, -0.25) is 4.79 Å². The van der Waals surface area contributed by atoms with Crippen LogP contribution in [0.15, 0.2) is 52.0 Å². The third kappa shape index (κ3) is 4.33. The highest BCUT2D eigenvalue weighted by Crippen LogP contribution is 2.26. The second-order valence-electron chi connectivity index (χ2n) is 6.62. The second-order valence-corrected chi connectivity index (χ2v) is 8.56. The molecule has 8 heteroatoms. The van der Waals surface area contributed by atoms with E-state index in [1.54, 1.807) is 30.5 Å². The van der Waals surface area contributed by atoms with Crippen LogP contribution in [0.25, 0.3) is 0 Å². The van der Waals surface area contributed by atoms with Gasteiger partial charge in [0, 0.05) is 13.1 Å². The van der Waals surface area contributed by atoms with Gasteiger partial charge in [0.05, 0.1) is 30.2 Å². The van der Waals surface area contributed by atoms with Crippen LogP contribution in [0.2, 0.25) is 0 Å². The van der Waals surface area contributed by atoms with Crippen LogP contribution in [0.1, 0.15) is 31.6 Å². The number of ether oxygens (including phenoxy) is 1. The van der Waals surface area contributed by atoms with E-state index in [0.29, 0.717) is 30.9 Å². The lowest BCUT2D eigenvalue weighted by molar-refractivity contribution is -0.126. The van der Waals surface area contributed by atoms with Crippen molar-refractivity contribution in [1.82, 2.24) is 9.62 Å². The fourth-order valence-electron chi connectivity index (χ4n) is 3.21. The van der Waals surface area contributed by atoms with Gasteiger partial charge in [0.25, 0.3) is 0 Å². The number of sulfonamides is 1. The van der Waals surface area contributed by atoms with Gasteiger partial charge in [-0.1, -0.05) is 0 Å². The van der Waals surface area contributed by atoms with E-state index >= 15 is 0 Å². The summed E-state index contributed by atoms with van der Waals surface area (Å²) in [7, 11) is -2.12. The van der Waals surface area contributed by atoms with Gasteiger partial charge in [0.1, 0.15) is 11.5 Å². The zero-order chi connectivity index (χ0) is 19.4. The van der Waals surface area contributed by atoms with E-state index in [1.807, 2.05) is 6.92 Å². The number of carbonyl (C=O) groups is 1. The number of carbonyl (C=O) groups excluding carboxylic acids is 1. The van der Waals surface area contributed by atoms with E-state index < -0.39 is 10.0 Å². The number of nitrogens with zero attached hydrogens (tertiary/aromatic N) is 1. The first-order chi connectivity index (χ1) is 12.9. The van der Waals surface area contributed by atoms with E-state index in [9.17, 15) is 13.2 Å². The molecule has 0 radical (unpaired) electrons. The Labute approximate surface area is 159 Å². The molecule has 3 rings (SSSR count). The summed E-state index contributed by atoms with van der Waals surface area (Å²) in [5.74, 6) is 0.719. The Kier molecular flexibility index (Phi) is 5.86. The van der Waals surface area contributed by atoms with E-state index in [2.05, 4.69) is 5.32 Å². The molecule has 1 saturated heterocycles. The molecule has 0 spiro atoms. The Morgan fingerprint density at radius 2 is 2.04 bits per heavy atom. The molecular weight excluding hydrogens is 368 g/mol. The molecular formula is C19H24N2O5S. The van der Waals surface area contributed by atoms with Crippen LogP contribution in [-0.2, 0) is 14.8 Å². The summed E-state index contributed by atoms with van der Waals surface area (Å²) in [5, 5.41) is 2.91. The number of piperidine rings is 1. The Morgan fingerprint density at radius 3 is 2.67 bits per heavy atom. The number of benzene rings is 1. The first-order valence-corrected chi connectivity index (χ1v) is 10.3. The minimum atomic E-state index is -3.65.